The van der Waals surface area contributed by atoms with Gasteiger partial charge in [0, 0.05) is 20.6 Å². The highest BCUT2D eigenvalue weighted by Crippen LogP contribution is 2.43. The van der Waals surface area contributed by atoms with Gasteiger partial charge in [0.25, 0.3) is 0 Å². The van der Waals surface area contributed by atoms with Gasteiger partial charge < -0.3 is 14.5 Å². The van der Waals surface area contributed by atoms with Crippen molar-refractivity contribution in [2.24, 2.45) is 0 Å². The van der Waals surface area contributed by atoms with Crippen LogP contribution in [0.15, 0.2) is 18.2 Å². The minimum Gasteiger partial charge on any atom is -0.492 e. The van der Waals surface area contributed by atoms with Crippen LogP contribution in [0.25, 0.3) is 0 Å². The number of fused-ring (bicyclic) bond motifs is 1. The van der Waals surface area contributed by atoms with Gasteiger partial charge in [-0.1, -0.05) is 6.07 Å². The highest BCUT2D eigenvalue weighted by atomic mass is 16.5. The summed E-state index contributed by atoms with van der Waals surface area (Å²) in [6.07, 6.45) is 0. The SMILES string of the molecule is CCOc1cccc2c1N(C)CC(C)(C)N2C. The Kier molecular flexibility index (Phi) is 2.94. The molecule has 0 atom stereocenters. The van der Waals surface area contributed by atoms with Gasteiger partial charge in [-0.05, 0) is 32.9 Å². The molecule has 3 nitrogen and oxygen atoms in total. The fourth-order valence-corrected chi connectivity index (χ4v) is 2.53. The number of nitrogens with zero attached hydrogens (tertiary/aromatic N) is 2. The first-order valence-electron chi connectivity index (χ1n) is 6.18. The van der Waals surface area contributed by atoms with Crippen LogP contribution in [0.3, 0.4) is 0 Å². The number of rotatable bonds is 2. The Bertz CT molecular complexity index is 415. The molecule has 1 aromatic rings. The molecular weight excluding hydrogens is 212 g/mol. The van der Waals surface area contributed by atoms with Crippen LogP contribution in [0, 0.1) is 0 Å². The van der Waals surface area contributed by atoms with Gasteiger partial charge in [-0.15, -0.1) is 0 Å². The molecule has 0 aliphatic carbocycles. The zero-order chi connectivity index (χ0) is 12.6. The van der Waals surface area contributed by atoms with Crippen LogP contribution >= 0.6 is 0 Å². The first kappa shape index (κ1) is 12.1. The van der Waals surface area contributed by atoms with Gasteiger partial charge in [0.05, 0.1) is 17.8 Å². The second-order valence-corrected chi connectivity index (χ2v) is 5.28. The van der Waals surface area contributed by atoms with Crippen molar-refractivity contribution in [2.45, 2.75) is 26.3 Å². The van der Waals surface area contributed by atoms with Gasteiger partial charge in [0.2, 0.25) is 0 Å². The molecular formula is C14H22N2O. The number of ether oxygens (including phenoxy) is 1. The average Bonchev–Trinajstić information content (AvgIpc) is 2.26. The van der Waals surface area contributed by atoms with E-state index in [1.165, 1.54) is 11.4 Å². The van der Waals surface area contributed by atoms with E-state index in [0.29, 0.717) is 6.61 Å². The molecule has 2 rings (SSSR count). The summed E-state index contributed by atoms with van der Waals surface area (Å²) in [6.45, 7) is 8.26. The van der Waals surface area contributed by atoms with Crippen molar-refractivity contribution in [3.63, 3.8) is 0 Å². The van der Waals surface area contributed by atoms with Crippen molar-refractivity contribution in [1.29, 1.82) is 0 Å². The fraction of sp³-hybridized carbons (Fsp3) is 0.571. The summed E-state index contributed by atoms with van der Waals surface area (Å²) in [5, 5.41) is 0. The highest BCUT2D eigenvalue weighted by Gasteiger charge is 2.34. The molecule has 17 heavy (non-hydrogen) atoms. The quantitative estimate of drug-likeness (QED) is 0.782. The Morgan fingerprint density at radius 3 is 2.65 bits per heavy atom. The topological polar surface area (TPSA) is 15.7 Å². The molecule has 1 aromatic carbocycles. The van der Waals surface area contributed by atoms with Crippen LogP contribution in [0.5, 0.6) is 5.75 Å². The molecule has 0 radical (unpaired) electrons. The lowest BCUT2D eigenvalue weighted by atomic mass is 9.97. The zero-order valence-corrected chi connectivity index (χ0v) is 11.4. The molecule has 0 amide bonds. The summed E-state index contributed by atoms with van der Waals surface area (Å²) >= 11 is 0. The summed E-state index contributed by atoms with van der Waals surface area (Å²) in [6, 6.07) is 6.27. The minimum atomic E-state index is 0.145. The normalized spacial score (nSPS) is 17.9. The molecule has 0 saturated heterocycles. The molecule has 1 heterocycles. The van der Waals surface area contributed by atoms with Crippen LogP contribution in [0.4, 0.5) is 11.4 Å². The Balaban J connectivity index is 2.52. The molecule has 0 saturated carbocycles. The van der Waals surface area contributed by atoms with E-state index in [0.717, 1.165) is 12.3 Å². The number of benzene rings is 1. The minimum absolute atomic E-state index is 0.145. The van der Waals surface area contributed by atoms with E-state index < -0.39 is 0 Å². The second kappa shape index (κ2) is 4.13. The Hall–Kier alpha value is -1.38. The van der Waals surface area contributed by atoms with E-state index >= 15 is 0 Å². The van der Waals surface area contributed by atoms with Crippen LogP contribution in [-0.2, 0) is 0 Å². The maximum atomic E-state index is 5.72. The first-order chi connectivity index (χ1) is 7.97. The van der Waals surface area contributed by atoms with E-state index in [2.05, 4.69) is 49.9 Å². The molecule has 94 valence electrons. The molecule has 0 aromatic heterocycles. The van der Waals surface area contributed by atoms with Gasteiger partial charge >= 0.3 is 0 Å². The molecule has 3 heteroatoms. The smallest absolute Gasteiger partial charge is 0.144 e. The predicted octanol–water partition coefficient (Wildman–Crippen LogP) is 2.75. The predicted molar refractivity (Wildman–Crippen MR) is 73.4 cm³/mol. The summed E-state index contributed by atoms with van der Waals surface area (Å²) in [5.74, 6) is 0.981. The molecule has 0 fully saturated rings. The van der Waals surface area contributed by atoms with Crippen LogP contribution in [-0.4, -0.2) is 32.8 Å². The van der Waals surface area contributed by atoms with Gasteiger partial charge in [-0.25, -0.2) is 0 Å². The lowest BCUT2D eigenvalue weighted by Crippen LogP contribution is -2.53. The third-order valence-electron chi connectivity index (χ3n) is 3.55. The van der Waals surface area contributed by atoms with Crippen molar-refractivity contribution in [1.82, 2.24) is 0 Å². The molecule has 1 aliphatic heterocycles. The monoisotopic (exact) mass is 234 g/mol. The maximum absolute atomic E-state index is 5.72. The Morgan fingerprint density at radius 1 is 1.29 bits per heavy atom. The maximum Gasteiger partial charge on any atom is 0.144 e. The van der Waals surface area contributed by atoms with Gasteiger partial charge in [0.1, 0.15) is 11.4 Å². The summed E-state index contributed by atoms with van der Waals surface area (Å²) in [5.41, 5.74) is 2.60. The standard InChI is InChI=1S/C14H22N2O/c1-6-17-12-9-7-8-11-13(12)15(4)10-14(2,3)16(11)5/h7-9H,6,10H2,1-5H3. The number of hydrogen-bond acceptors (Lipinski definition) is 3. The summed E-state index contributed by atoms with van der Waals surface area (Å²) in [4.78, 5) is 4.63. The molecule has 0 spiro atoms. The highest BCUT2D eigenvalue weighted by molar-refractivity contribution is 5.80. The fourth-order valence-electron chi connectivity index (χ4n) is 2.53. The average molecular weight is 234 g/mol. The summed E-state index contributed by atoms with van der Waals surface area (Å²) in [7, 11) is 4.29. The van der Waals surface area contributed by atoms with Crippen molar-refractivity contribution in [2.75, 3.05) is 37.0 Å². The van der Waals surface area contributed by atoms with E-state index in [1.807, 2.05) is 13.0 Å². The first-order valence-corrected chi connectivity index (χ1v) is 6.18. The zero-order valence-electron chi connectivity index (χ0n) is 11.4. The van der Waals surface area contributed by atoms with Crippen LogP contribution < -0.4 is 14.5 Å². The van der Waals surface area contributed by atoms with Crippen molar-refractivity contribution in [3.8, 4) is 5.75 Å². The largest absolute Gasteiger partial charge is 0.492 e. The van der Waals surface area contributed by atoms with Crippen molar-refractivity contribution in [3.05, 3.63) is 18.2 Å². The van der Waals surface area contributed by atoms with Gasteiger partial charge in [0.15, 0.2) is 0 Å². The lowest BCUT2D eigenvalue weighted by molar-refractivity contribution is 0.338. The number of anilines is 2. The summed E-state index contributed by atoms with van der Waals surface area (Å²) < 4.78 is 5.72. The van der Waals surface area contributed by atoms with Gasteiger partial charge in [-0.3, -0.25) is 0 Å². The number of para-hydroxylation sites is 1. The molecule has 0 bridgehead atoms. The third kappa shape index (κ3) is 1.94. The number of likely N-dealkylation sites (N-methyl/N-ethyl adjacent to an activating group) is 2. The van der Waals surface area contributed by atoms with Gasteiger partial charge in [-0.2, -0.15) is 0 Å². The Labute approximate surface area is 104 Å². The lowest BCUT2D eigenvalue weighted by Gasteiger charge is -2.47. The molecule has 1 aliphatic rings. The van der Waals surface area contributed by atoms with E-state index in [4.69, 9.17) is 4.74 Å². The van der Waals surface area contributed by atoms with E-state index in [9.17, 15) is 0 Å². The molecule has 0 N–H and O–H groups in total. The molecule has 0 unspecified atom stereocenters. The second-order valence-electron chi connectivity index (χ2n) is 5.28. The number of hydrogen-bond donors (Lipinski definition) is 0. The van der Waals surface area contributed by atoms with Crippen LogP contribution in [0.2, 0.25) is 0 Å². The Morgan fingerprint density at radius 2 is 2.00 bits per heavy atom. The van der Waals surface area contributed by atoms with E-state index in [1.54, 1.807) is 0 Å². The van der Waals surface area contributed by atoms with Crippen molar-refractivity contribution >= 4 is 11.4 Å². The van der Waals surface area contributed by atoms with Crippen molar-refractivity contribution < 1.29 is 4.74 Å². The van der Waals surface area contributed by atoms with E-state index in [-0.39, 0.29) is 5.54 Å². The third-order valence-corrected chi connectivity index (χ3v) is 3.55. The van der Waals surface area contributed by atoms with Crippen LogP contribution in [0.1, 0.15) is 20.8 Å².